The topological polar surface area (TPSA) is 0 Å². The summed E-state index contributed by atoms with van der Waals surface area (Å²) in [4.78, 5) is 0. The summed E-state index contributed by atoms with van der Waals surface area (Å²) in [6, 6.07) is 0. The highest BCUT2D eigenvalue weighted by molar-refractivity contribution is 4.61. The molecule has 3 unspecified atom stereocenters. The summed E-state index contributed by atoms with van der Waals surface area (Å²) < 4.78 is 0. The minimum absolute atomic E-state index is 0.942. The van der Waals surface area contributed by atoms with Gasteiger partial charge in [0.05, 0.1) is 0 Å². The maximum Gasteiger partial charge on any atom is -0.0443 e. The molecule has 0 saturated heterocycles. The fraction of sp³-hybridized carbons (Fsp3) is 1.00. The van der Waals surface area contributed by atoms with Gasteiger partial charge in [-0.3, -0.25) is 0 Å². The molecule has 0 nitrogen and oxygen atoms in total. The molecule has 0 aliphatic heterocycles. The molecule has 0 N–H and O–H groups in total. The lowest BCUT2D eigenvalue weighted by Crippen LogP contribution is -2.01. The molecule has 0 aliphatic rings. The molecule has 0 amide bonds. The average molecular weight is 577 g/mol. The van der Waals surface area contributed by atoms with Crippen molar-refractivity contribution in [1.82, 2.24) is 0 Å². The van der Waals surface area contributed by atoms with Gasteiger partial charge >= 0.3 is 0 Å². The fourth-order valence-corrected chi connectivity index (χ4v) is 6.91. The maximum atomic E-state index is 2.52. The fourth-order valence-electron chi connectivity index (χ4n) is 6.91. The Labute approximate surface area is 263 Å². The first-order valence-electron chi connectivity index (χ1n) is 20.1. The molecule has 0 aromatic carbocycles. The molecule has 41 heavy (non-hydrogen) atoms. The van der Waals surface area contributed by atoms with Gasteiger partial charge in [-0.2, -0.15) is 0 Å². The SMILES string of the molecule is CCCCCCCCCCCCCCCCC(C)CCCC(C)CCCC(C)CCCCCCCCCCCCC. The summed E-state index contributed by atoms with van der Waals surface area (Å²) >= 11 is 0. The van der Waals surface area contributed by atoms with Crippen LogP contribution in [-0.4, -0.2) is 0 Å². The third kappa shape index (κ3) is 34.4. The number of unbranched alkanes of at least 4 members (excludes halogenated alkanes) is 23. The minimum atomic E-state index is 0.942. The lowest BCUT2D eigenvalue weighted by Gasteiger charge is -2.16. The van der Waals surface area contributed by atoms with E-state index in [9.17, 15) is 0 Å². The normalized spacial score (nSPS) is 14.0. The van der Waals surface area contributed by atoms with Crippen LogP contribution < -0.4 is 0 Å². The third-order valence-corrected chi connectivity index (χ3v) is 10.1. The second kappa shape index (κ2) is 34.5. The van der Waals surface area contributed by atoms with Crippen molar-refractivity contribution in [3.8, 4) is 0 Å². The van der Waals surface area contributed by atoms with E-state index in [0.29, 0.717) is 0 Å². The summed E-state index contributed by atoms with van der Waals surface area (Å²) in [6.07, 6.45) is 48.5. The van der Waals surface area contributed by atoms with Crippen molar-refractivity contribution in [1.29, 1.82) is 0 Å². The van der Waals surface area contributed by atoms with Gasteiger partial charge in [0.25, 0.3) is 0 Å². The molecule has 0 saturated carbocycles. The van der Waals surface area contributed by atoms with Gasteiger partial charge in [0.2, 0.25) is 0 Å². The summed E-state index contributed by atoms with van der Waals surface area (Å²) in [7, 11) is 0. The van der Waals surface area contributed by atoms with Gasteiger partial charge in [0.1, 0.15) is 0 Å². The van der Waals surface area contributed by atoms with Gasteiger partial charge in [0, 0.05) is 0 Å². The van der Waals surface area contributed by atoms with Crippen molar-refractivity contribution < 1.29 is 0 Å². The van der Waals surface area contributed by atoms with E-state index in [1.54, 1.807) is 0 Å². The highest BCUT2D eigenvalue weighted by Crippen LogP contribution is 2.24. The number of rotatable bonds is 35. The van der Waals surface area contributed by atoms with Crippen LogP contribution in [-0.2, 0) is 0 Å². The van der Waals surface area contributed by atoms with Crippen molar-refractivity contribution in [3.63, 3.8) is 0 Å². The zero-order valence-corrected chi connectivity index (χ0v) is 30.1. The predicted molar refractivity (Wildman–Crippen MR) is 191 cm³/mol. The first-order valence-corrected chi connectivity index (χ1v) is 20.1. The molecule has 0 radical (unpaired) electrons. The Kier molecular flexibility index (Phi) is 34.5. The number of hydrogen-bond donors (Lipinski definition) is 0. The van der Waals surface area contributed by atoms with Crippen LogP contribution in [0, 0.1) is 17.8 Å². The van der Waals surface area contributed by atoms with E-state index in [-0.39, 0.29) is 0 Å². The molecule has 0 aromatic rings. The molecule has 3 atom stereocenters. The van der Waals surface area contributed by atoms with Crippen molar-refractivity contribution in [2.24, 2.45) is 17.8 Å². The van der Waals surface area contributed by atoms with Gasteiger partial charge in [-0.1, -0.05) is 247 Å². The van der Waals surface area contributed by atoms with Crippen molar-refractivity contribution in [2.45, 2.75) is 247 Å². The molecule has 0 spiro atoms. The van der Waals surface area contributed by atoms with Gasteiger partial charge in [-0.25, -0.2) is 0 Å². The monoisotopic (exact) mass is 577 g/mol. The molecular formula is C41H84. The zero-order chi connectivity index (χ0) is 30.1. The van der Waals surface area contributed by atoms with E-state index in [0.717, 1.165) is 17.8 Å². The molecule has 248 valence electrons. The Morgan fingerprint density at radius 1 is 0.220 bits per heavy atom. The predicted octanol–water partition coefficient (Wildman–Crippen LogP) is 15.8. The lowest BCUT2D eigenvalue weighted by atomic mass is 9.90. The molecule has 0 fully saturated rings. The van der Waals surface area contributed by atoms with Gasteiger partial charge < -0.3 is 0 Å². The van der Waals surface area contributed by atoms with Crippen LogP contribution in [0.25, 0.3) is 0 Å². The van der Waals surface area contributed by atoms with E-state index in [4.69, 9.17) is 0 Å². The largest absolute Gasteiger partial charge is 0.0654 e. The molecule has 0 aromatic heterocycles. The number of hydrogen-bond acceptors (Lipinski definition) is 0. The van der Waals surface area contributed by atoms with E-state index in [2.05, 4.69) is 34.6 Å². The maximum absolute atomic E-state index is 2.52. The molecule has 0 aliphatic carbocycles. The summed E-state index contributed by atoms with van der Waals surface area (Å²) in [5.41, 5.74) is 0. The van der Waals surface area contributed by atoms with Crippen LogP contribution in [0.5, 0.6) is 0 Å². The van der Waals surface area contributed by atoms with E-state index in [1.165, 1.54) is 212 Å². The molecule has 0 heteroatoms. The van der Waals surface area contributed by atoms with E-state index >= 15 is 0 Å². The van der Waals surface area contributed by atoms with Gasteiger partial charge in [-0.15, -0.1) is 0 Å². The van der Waals surface area contributed by atoms with E-state index < -0.39 is 0 Å². The Morgan fingerprint density at radius 3 is 0.610 bits per heavy atom. The standard InChI is InChI=1S/C41H84/c1-6-8-10-12-14-16-18-19-20-22-24-26-28-30-34-40(4)36-32-38-41(5)37-31-35-39(3)33-29-27-25-23-21-17-15-13-11-9-7-2/h39-41H,6-38H2,1-5H3. The molecule has 0 heterocycles. The first-order chi connectivity index (χ1) is 20.1. The smallest absolute Gasteiger partial charge is 0.0443 e. The van der Waals surface area contributed by atoms with Crippen LogP contribution >= 0.6 is 0 Å². The van der Waals surface area contributed by atoms with Crippen molar-refractivity contribution in [3.05, 3.63) is 0 Å². The van der Waals surface area contributed by atoms with Crippen LogP contribution in [0.3, 0.4) is 0 Å². The Balaban J connectivity index is 3.36. The minimum Gasteiger partial charge on any atom is -0.0654 e. The quantitative estimate of drug-likeness (QED) is 0.0658. The van der Waals surface area contributed by atoms with Crippen LogP contribution in [0.1, 0.15) is 247 Å². The van der Waals surface area contributed by atoms with Crippen LogP contribution in [0.2, 0.25) is 0 Å². The summed E-state index contributed by atoms with van der Waals surface area (Å²) in [6.45, 7) is 12.2. The Hall–Kier alpha value is 0. The molecule has 0 bridgehead atoms. The molecule has 0 rings (SSSR count). The second-order valence-corrected chi connectivity index (χ2v) is 14.9. The van der Waals surface area contributed by atoms with Gasteiger partial charge in [-0.05, 0) is 17.8 Å². The Morgan fingerprint density at radius 2 is 0.390 bits per heavy atom. The van der Waals surface area contributed by atoms with Crippen LogP contribution in [0.4, 0.5) is 0 Å². The average Bonchev–Trinajstić information content (AvgIpc) is 2.96. The lowest BCUT2D eigenvalue weighted by molar-refractivity contribution is 0.373. The van der Waals surface area contributed by atoms with E-state index in [1.807, 2.05) is 0 Å². The molecular weight excluding hydrogens is 492 g/mol. The summed E-state index contributed by atoms with van der Waals surface area (Å²) in [5.74, 6) is 2.84. The van der Waals surface area contributed by atoms with Crippen molar-refractivity contribution >= 4 is 0 Å². The van der Waals surface area contributed by atoms with Gasteiger partial charge in [0.15, 0.2) is 0 Å². The second-order valence-electron chi connectivity index (χ2n) is 14.9. The highest BCUT2D eigenvalue weighted by Gasteiger charge is 2.08. The van der Waals surface area contributed by atoms with Crippen molar-refractivity contribution in [2.75, 3.05) is 0 Å². The first kappa shape index (κ1) is 41.0. The third-order valence-electron chi connectivity index (χ3n) is 10.1. The van der Waals surface area contributed by atoms with Crippen LogP contribution in [0.15, 0.2) is 0 Å². The summed E-state index contributed by atoms with van der Waals surface area (Å²) in [5, 5.41) is 0. The Bertz CT molecular complexity index is 453. The highest BCUT2D eigenvalue weighted by atomic mass is 14.1. The zero-order valence-electron chi connectivity index (χ0n) is 30.1.